The molecule has 0 aromatic carbocycles. The number of methoxy groups -OCH3 is 1. The van der Waals surface area contributed by atoms with E-state index in [2.05, 4.69) is 17.4 Å². The fourth-order valence-corrected chi connectivity index (χ4v) is 3.23. The molecule has 0 radical (unpaired) electrons. The van der Waals surface area contributed by atoms with Gasteiger partial charge in [-0.1, -0.05) is 19.3 Å². The second-order valence-electron chi connectivity index (χ2n) is 4.52. The standard InChI is InChI=1S/C13H21NOS/c1-15-10-13-8-7-12(16-13)9-14-11-5-3-2-4-6-11/h7-8,11,14H,2-6,9-10H2,1H3. The molecular weight excluding hydrogens is 218 g/mol. The first kappa shape index (κ1) is 12.1. The van der Waals surface area contributed by atoms with Crippen molar-refractivity contribution in [1.82, 2.24) is 5.32 Å². The maximum absolute atomic E-state index is 5.13. The fraction of sp³-hybridized carbons (Fsp3) is 0.692. The first-order chi connectivity index (χ1) is 7.88. The van der Waals surface area contributed by atoms with Crippen LogP contribution >= 0.6 is 11.3 Å². The molecule has 0 saturated heterocycles. The quantitative estimate of drug-likeness (QED) is 0.851. The Kier molecular flexibility index (Phi) is 4.82. The van der Waals surface area contributed by atoms with Gasteiger partial charge >= 0.3 is 0 Å². The Morgan fingerprint density at radius 2 is 2.00 bits per heavy atom. The van der Waals surface area contributed by atoms with E-state index < -0.39 is 0 Å². The van der Waals surface area contributed by atoms with Crippen molar-refractivity contribution < 1.29 is 4.74 Å². The number of rotatable bonds is 5. The van der Waals surface area contributed by atoms with Gasteiger partial charge in [-0.15, -0.1) is 11.3 Å². The van der Waals surface area contributed by atoms with Crippen molar-refractivity contribution in [2.45, 2.75) is 51.3 Å². The number of nitrogens with one attached hydrogen (secondary N) is 1. The van der Waals surface area contributed by atoms with E-state index in [1.165, 1.54) is 41.9 Å². The molecule has 1 aliphatic rings. The summed E-state index contributed by atoms with van der Waals surface area (Å²) in [5.41, 5.74) is 0. The fourth-order valence-electron chi connectivity index (χ4n) is 2.29. The highest BCUT2D eigenvalue weighted by Gasteiger charge is 2.12. The van der Waals surface area contributed by atoms with Crippen molar-refractivity contribution >= 4 is 11.3 Å². The van der Waals surface area contributed by atoms with Gasteiger partial charge in [0.2, 0.25) is 0 Å². The lowest BCUT2D eigenvalue weighted by Crippen LogP contribution is -2.30. The molecule has 1 aliphatic carbocycles. The van der Waals surface area contributed by atoms with Gasteiger partial charge in [-0.3, -0.25) is 0 Å². The van der Waals surface area contributed by atoms with Gasteiger partial charge in [0, 0.05) is 29.5 Å². The third-order valence-electron chi connectivity index (χ3n) is 3.17. The van der Waals surface area contributed by atoms with E-state index in [0.717, 1.165) is 19.2 Å². The largest absolute Gasteiger partial charge is 0.379 e. The second-order valence-corrected chi connectivity index (χ2v) is 5.77. The van der Waals surface area contributed by atoms with Crippen LogP contribution in [0.5, 0.6) is 0 Å². The molecule has 1 saturated carbocycles. The molecule has 0 atom stereocenters. The van der Waals surface area contributed by atoms with E-state index >= 15 is 0 Å². The van der Waals surface area contributed by atoms with Crippen molar-refractivity contribution in [1.29, 1.82) is 0 Å². The molecule has 1 aromatic rings. The third kappa shape index (κ3) is 3.58. The highest BCUT2D eigenvalue weighted by Crippen LogP contribution is 2.20. The van der Waals surface area contributed by atoms with Crippen molar-refractivity contribution in [2.24, 2.45) is 0 Å². The summed E-state index contributed by atoms with van der Waals surface area (Å²) in [6.45, 7) is 1.77. The predicted molar refractivity (Wildman–Crippen MR) is 68.7 cm³/mol. The normalized spacial score (nSPS) is 17.8. The Labute approximate surface area is 102 Å². The van der Waals surface area contributed by atoms with Crippen molar-refractivity contribution in [2.75, 3.05) is 7.11 Å². The predicted octanol–water partition coefficient (Wildman–Crippen LogP) is 3.32. The van der Waals surface area contributed by atoms with Gasteiger partial charge in [0.15, 0.2) is 0 Å². The summed E-state index contributed by atoms with van der Waals surface area (Å²) in [7, 11) is 1.75. The van der Waals surface area contributed by atoms with Gasteiger partial charge in [-0.2, -0.15) is 0 Å². The van der Waals surface area contributed by atoms with E-state index in [1.807, 2.05) is 11.3 Å². The molecule has 0 spiro atoms. The summed E-state index contributed by atoms with van der Waals surface area (Å²) in [5.74, 6) is 0. The molecule has 0 bridgehead atoms. The number of thiophene rings is 1. The average molecular weight is 239 g/mol. The van der Waals surface area contributed by atoms with Crippen LogP contribution in [-0.4, -0.2) is 13.2 Å². The lowest BCUT2D eigenvalue weighted by molar-refractivity contribution is 0.187. The summed E-state index contributed by atoms with van der Waals surface area (Å²) in [4.78, 5) is 2.75. The van der Waals surface area contributed by atoms with Crippen LogP contribution < -0.4 is 5.32 Å². The van der Waals surface area contributed by atoms with Crippen LogP contribution in [0.3, 0.4) is 0 Å². The summed E-state index contributed by atoms with van der Waals surface area (Å²) in [5, 5.41) is 3.66. The van der Waals surface area contributed by atoms with E-state index in [-0.39, 0.29) is 0 Å². The van der Waals surface area contributed by atoms with Crippen LogP contribution in [0, 0.1) is 0 Å². The molecule has 2 nitrogen and oxygen atoms in total. The maximum atomic E-state index is 5.13. The van der Waals surface area contributed by atoms with Crippen LogP contribution in [0.25, 0.3) is 0 Å². The Morgan fingerprint density at radius 1 is 1.25 bits per heavy atom. The minimum Gasteiger partial charge on any atom is -0.379 e. The Bertz CT molecular complexity index is 305. The Morgan fingerprint density at radius 3 is 2.75 bits per heavy atom. The van der Waals surface area contributed by atoms with Crippen molar-refractivity contribution in [3.8, 4) is 0 Å². The minimum atomic E-state index is 0.744. The first-order valence-corrected chi connectivity index (χ1v) is 7.00. The SMILES string of the molecule is COCc1ccc(CNC2CCCCC2)s1. The molecule has 16 heavy (non-hydrogen) atoms. The minimum absolute atomic E-state index is 0.744. The summed E-state index contributed by atoms with van der Waals surface area (Å²) in [6, 6.07) is 5.14. The van der Waals surface area contributed by atoms with Crippen LogP contribution in [0.15, 0.2) is 12.1 Å². The Hall–Kier alpha value is -0.380. The van der Waals surface area contributed by atoms with Crippen LogP contribution in [-0.2, 0) is 17.9 Å². The van der Waals surface area contributed by atoms with Crippen LogP contribution in [0.4, 0.5) is 0 Å². The molecule has 1 N–H and O–H groups in total. The molecule has 3 heteroatoms. The smallest absolute Gasteiger partial charge is 0.0805 e. The summed E-state index contributed by atoms with van der Waals surface area (Å²) in [6.07, 6.45) is 6.94. The zero-order valence-corrected chi connectivity index (χ0v) is 10.8. The van der Waals surface area contributed by atoms with E-state index in [9.17, 15) is 0 Å². The zero-order chi connectivity index (χ0) is 11.2. The molecule has 90 valence electrons. The second kappa shape index (κ2) is 6.38. The van der Waals surface area contributed by atoms with Crippen LogP contribution in [0.2, 0.25) is 0 Å². The van der Waals surface area contributed by atoms with Gasteiger partial charge in [0.05, 0.1) is 6.61 Å². The van der Waals surface area contributed by atoms with E-state index in [1.54, 1.807) is 7.11 Å². The number of hydrogen-bond donors (Lipinski definition) is 1. The lowest BCUT2D eigenvalue weighted by atomic mass is 9.95. The number of hydrogen-bond acceptors (Lipinski definition) is 3. The van der Waals surface area contributed by atoms with E-state index in [0.29, 0.717) is 0 Å². The maximum Gasteiger partial charge on any atom is 0.0805 e. The topological polar surface area (TPSA) is 21.3 Å². The highest BCUT2D eigenvalue weighted by atomic mass is 32.1. The van der Waals surface area contributed by atoms with Gasteiger partial charge in [-0.25, -0.2) is 0 Å². The zero-order valence-electron chi connectivity index (χ0n) is 10.00. The van der Waals surface area contributed by atoms with Gasteiger partial charge in [-0.05, 0) is 25.0 Å². The monoisotopic (exact) mass is 239 g/mol. The Balaban J connectivity index is 1.75. The number of ether oxygens (including phenoxy) is 1. The lowest BCUT2D eigenvalue weighted by Gasteiger charge is -2.22. The molecule has 0 amide bonds. The van der Waals surface area contributed by atoms with Gasteiger partial charge in [0.25, 0.3) is 0 Å². The molecule has 0 unspecified atom stereocenters. The van der Waals surface area contributed by atoms with Crippen LogP contribution in [0.1, 0.15) is 41.9 Å². The average Bonchev–Trinajstić information content (AvgIpc) is 2.76. The molecule has 1 aromatic heterocycles. The van der Waals surface area contributed by atoms with Gasteiger partial charge < -0.3 is 10.1 Å². The van der Waals surface area contributed by atoms with Crippen molar-refractivity contribution in [3.63, 3.8) is 0 Å². The summed E-state index contributed by atoms with van der Waals surface area (Å²) < 4.78 is 5.13. The molecule has 1 fully saturated rings. The molecule has 0 aliphatic heterocycles. The van der Waals surface area contributed by atoms with Crippen molar-refractivity contribution in [3.05, 3.63) is 21.9 Å². The van der Waals surface area contributed by atoms with Gasteiger partial charge in [0.1, 0.15) is 0 Å². The molecular formula is C13H21NOS. The third-order valence-corrected chi connectivity index (χ3v) is 4.23. The van der Waals surface area contributed by atoms with E-state index in [4.69, 9.17) is 4.74 Å². The molecule has 2 rings (SSSR count). The molecule has 1 heterocycles. The summed E-state index contributed by atoms with van der Waals surface area (Å²) >= 11 is 1.86. The highest BCUT2D eigenvalue weighted by molar-refractivity contribution is 7.11. The first-order valence-electron chi connectivity index (χ1n) is 6.18.